The van der Waals surface area contributed by atoms with Crippen LogP contribution >= 0.6 is 23.4 Å². The van der Waals surface area contributed by atoms with E-state index in [2.05, 4.69) is 32.5 Å². The van der Waals surface area contributed by atoms with Crippen molar-refractivity contribution in [1.29, 1.82) is 0 Å². The molecule has 41 heavy (non-hydrogen) atoms. The highest BCUT2D eigenvalue weighted by molar-refractivity contribution is 7.99. The third kappa shape index (κ3) is 9.14. The van der Waals surface area contributed by atoms with Crippen LogP contribution < -0.4 is 10.6 Å². The Morgan fingerprint density at radius 3 is 2.44 bits per heavy atom. The molecule has 0 atom stereocenters. The molecule has 1 amide bonds. The van der Waals surface area contributed by atoms with E-state index < -0.39 is 23.8 Å². The van der Waals surface area contributed by atoms with Gasteiger partial charge in [-0.2, -0.15) is 13.2 Å². The second kappa shape index (κ2) is 13.3. The van der Waals surface area contributed by atoms with Crippen molar-refractivity contribution in [2.45, 2.75) is 62.4 Å². The number of aromatic nitrogens is 5. The number of carboxylic acids is 1. The van der Waals surface area contributed by atoms with Crippen molar-refractivity contribution in [2.24, 2.45) is 0 Å². The molecule has 16 heteroatoms. The number of alkyl carbamates (subject to hydrolysis) is 1. The van der Waals surface area contributed by atoms with E-state index in [0.29, 0.717) is 46.7 Å². The third-order valence-electron chi connectivity index (χ3n) is 5.14. The van der Waals surface area contributed by atoms with Crippen LogP contribution in [0.3, 0.4) is 0 Å². The first-order valence-electron chi connectivity index (χ1n) is 12.2. The summed E-state index contributed by atoms with van der Waals surface area (Å²) in [6.07, 6.45) is 0.967. The zero-order valence-electron chi connectivity index (χ0n) is 22.5. The summed E-state index contributed by atoms with van der Waals surface area (Å²) in [7, 11) is 0. The van der Waals surface area contributed by atoms with Crippen LogP contribution in [0.15, 0.2) is 40.3 Å². The van der Waals surface area contributed by atoms with Gasteiger partial charge in [-0.05, 0) is 50.6 Å². The Labute approximate surface area is 242 Å². The average Bonchev–Trinajstić information content (AvgIpc) is 3.20. The van der Waals surface area contributed by atoms with Crippen molar-refractivity contribution in [3.63, 3.8) is 0 Å². The zero-order chi connectivity index (χ0) is 30.4. The lowest BCUT2D eigenvalue weighted by molar-refractivity contribution is -0.192. The first-order valence-corrected chi connectivity index (χ1v) is 13.4. The van der Waals surface area contributed by atoms with Crippen molar-refractivity contribution in [1.82, 2.24) is 30.2 Å². The molecule has 1 aliphatic carbocycles. The molecule has 0 radical (unpaired) electrons. The molecule has 0 unspecified atom stereocenters. The first-order chi connectivity index (χ1) is 19.2. The fraction of sp³-hybridized carbons (Fsp3) is 0.400. The maximum absolute atomic E-state index is 11.9. The second-order valence-electron chi connectivity index (χ2n) is 9.45. The number of fused-ring (bicyclic) bond motifs is 2. The van der Waals surface area contributed by atoms with Gasteiger partial charge in [0.25, 0.3) is 0 Å². The molecule has 0 aliphatic heterocycles. The normalized spacial score (nSPS) is 12.9. The Balaban J connectivity index is 0.000000587. The number of pyridine rings is 1. The van der Waals surface area contributed by atoms with Gasteiger partial charge in [0.1, 0.15) is 16.9 Å². The largest absolute Gasteiger partial charge is 0.490 e. The fourth-order valence-electron chi connectivity index (χ4n) is 3.41. The summed E-state index contributed by atoms with van der Waals surface area (Å²) < 4.78 is 37.0. The lowest BCUT2D eigenvalue weighted by Gasteiger charge is -2.19. The number of hydrogen-bond acceptors (Lipinski definition) is 10. The highest BCUT2D eigenvalue weighted by atomic mass is 35.5. The van der Waals surface area contributed by atoms with Gasteiger partial charge < -0.3 is 20.5 Å². The van der Waals surface area contributed by atoms with Gasteiger partial charge in [-0.25, -0.2) is 29.5 Å². The number of aliphatic carboxylic acids is 1. The van der Waals surface area contributed by atoms with Crippen molar-refractivity contribution < 1.29 is 32.6 Å². The van der Waals surface area contributed by atoms with Crippen LogP contribution in [0.2, 0.25) is 0 Å². The van der Waals surface area contributed by atoms with Gasteiger partial charge in [-0.3, -0.25) is 4.98 Å². The number of halogens is 4. The molecule has 0 saturated heterocycles. The topological polar surface area (TPSA) is 152 Å². The molecule has 0 fully saturated rings. The van der Waals surface area contributed by atoms with Crippen LogP contribution in [0.25, 0.3) is 16.2 Å². The number of amides is 1. The molecular weight excluding hydrogens is 587 g/mol. The smallest absolute Gasteiger partial charge is 0.475 e. The maximum Gasteiger partial charge on any atom is 0.490 e. The standard InChI is InChI=1S/C23H26ClN7O2S.C2HF3O2/c1-5-13-10-15-17(18(13)24)20(27-8-9-28-22(32)33-23(2,3)4)31-21(30-15)34-14-11-16-19(29-12-14)26-7-6-25-16;3-2(4,5)1(6)7/h6-7,11-12H,5,8-10H2,1-4H3,(H,28,32)(H,27,30,31);(H,6,7). The molecule has 3 aromatic rings. The zero-order valence-corrected chi connectivity index (χ0v) is 24.0. The van der Waals surface area contributed by atoms with Crippen LogP contribution in [0.5, 0.6) is 0 Å². The molecule has 3 heterocycles. The van der Waals surface area contributed by atoms with Gasteiger partial charge in [-0.1, -0.05) is 18.5 Å². The number of nitrogens with zero attached hydrogens (tertiary/aromatic N) is 5. The molecule has 0 saturated carbocycles. The number of carbonyl (C=O) groups is 2. The SMILES string of the molecule is CCC1=C(Cl)c2c(nc(Sc3cnc4nccnc4c3)nc2NCCNC(=O)OC(C)(C)C)C1.O=C(O)C(F)(F)F. The van der Waals surface area contributed by atoms with E-state index in [1.54, 1.807) is 18.6 Å². The van der Waals surface area contributed by atoms with Gasteiger partial charge in [0.2, 0.25) is 0 Å². The molecule has 0 spiro atoms. The summed E-state index contributed by atoms with van der Waals surface area (Å²) in [6, 6.07) is 1.91. The molecular formula is C25H27ClF3N7O4S. The molecule has 1 aliphatic rings. The lowest BCUT2D eigenvalue weighted by Crippen LogP contribution is -2.35. The quantitative estimate of drug-likeness (QED) is 0.230. The molecule has 0 aromatic carbocycles. The monoisotopic (exact) mass is 613 g/mol. The molecule has 3 aromatic heterocycles. The number of rotatable bonds is 7. The Bertz CT molecular complexity index is 1470. The van der Waals surface area contributed by atoms with Crippen molar-refractivity contribution in [3.8, 4) is 0 Å². The predicted octanol–water partition coefficient (Wildman–Crippen LogP) is 5.45. The van der Waals surface area contributed by atoms with E-state index in [4.69, 9.17) is 36.2 Å². The molecule has 4 rings (SSSR count). The Morgan fingerprint density at radius 2 is 1.80 bits per heavy atom. The van der Waals surface area contributed by atoms with E-state index >= 15 is 0 Å². The summed E-state index contributed by atoms with van der Waals surface area (Å²) in [4.78, 5) is 44.0. The van der Waals surface area contributed by atoms with E-state index in [-0.39, 0.29) is 0 Å². The highest BCUT2D eigenvalue weighted by Gasteiger charge is 2.38. The number of anilines is 1. The van der Waals surface area contributed by atoms with E-state index in [9.17, 15) is 18.0 Å². The number of alkyl halides is 3. The molecule has 11 nitrogen and oxygen atoms in total. The Hall–Kier alpha value is -3.72. The summed E-state index contributed by atoms with van der Waals surface area (Å²) in [6.45, 7) is 8.37. The van der Waals surface area contributed by atoms with E-state index in [1.807, 2.05) is 26.8 Å². The number of carbonyl (C=O) groups excluding carboxylic acids is 1. The minimum absolute atomic E-state index is 0.366. The average molecular weight is 614 g/mol. The first kappa shape index (κ1) is 31.8. The summed E-state index contributed by atoms with van der Waals surface area (Å²) >= 11 is 8.06. The number of allylic oxidation sites excluding steroid dienone is 1. The minimum atomic E-state index is -5.08. The number of hydrogen-bond donors (Lipinski definition) is 3. The summed E-state index contributed by atoms with van der Waals surface area (Å²) in [5, 5.41) is 14.4. The third-order valence-corrected chi connectivity index (χ3v) is 6.42. The van der Waals surface area contributed by atoms with Gasteiger partial charge >= 0.3 is 18.2 Å². The number of carboxylic acid groups (broad SMARTS) is 1. The van der Waals surface area contributed by atoms with Crippen LogP contribution in [0, 0.1) is 0 Å². The van der Waals surface area contributed by atoms with Crippen molar-refractivity contribution in [2.75, 3.05) is 18.4 Å². The van der Waals surface area contributed by atoms with Crippen LogP contribution in [0.4, 0.5) is 23.8 Å². The molecule has 3 N–H and O–H groups in total. The highest BCUT2D eigenvalue weighted by Crippen LogP contribution is 2.41. The van der Waals surface area contributed by atoms with Crippen LogP contribution in [0.1, 0.15) is 45.4 Å². The van der Waals surface area contributed by atoms with E-state index in [0.717, 1.165) is 28.1 Å². The summed E-state index contributed by atoms with van der Waals surface area (Å²) in [5.74, 6) is -2.12. The molecule has 220 valence electrons. The van der Waals surface area contributed by atoms with Gasteiger partial charge in [0.05, 0.1) is 16.3 Å². The van der Waals surface area contributed by atoms with Crippen molar-refractivity contribution >= 4 is 57.4 Å². The van der Waals surface area contributed by atoms with Crippen molar-refractivity contribution in [3.05, 3.63) is 41.5 Å². The number of nitrogens with one attached hydrogen (secondary N) is 2. The van der Waals surface area contributed by atoms with Crippen LogP contribution in [-0.4, -0.2) is 67.0 Å². The second-order valence-corrected chi connectivity index (χ2v) is 10.9. The minimum Gasteiger partial charge on any atom is -0.475 e. The lowest BCUT2D eigenvalue weighted by atomic mass is 10.2. The number of ether oxygens (including phenoxy) is 1. The molecule has 0 bridgehead atoms. The summed E-state index contributed by atoms with van der Waals surface area (Å²) in [5.41, 5.74) is 3.59. The van der Waals surface area contributed by atoms with E-state index in [1.165, 1.54) is 11.8 Å². The maximum atomic E-state index is 11.9. The van der Waals surface area contributed by atoms with Crippen LogP contribution in [-0.2, 0) is 16.0 Å². The van der Waals surface area contributed by atoms with Gasteiger partial charge in [0, 0.05) is 43.0 Å². The fourth-order valence-corrected chi connectivity index (χ4v) is 4.59. The van der Waals surface area contributed by atoms with Gasteiger partial charge in [0.15, 0.2) is 10.8 Å². The van der Waals surface area contributed by atoms with Gasteiger partial charge in [-0.15, -0.1) is 0 Å². The predicted molar refractivity (Wildman–Crippen MR) is 147 cm³/mol. The Kier molecular flexibility index (Phi) is 10.3. The Morgan fingerprint density at radius 1 is 1.12 bits per heavy atom.